The summed E-state index contributed by atoms with van der Waals surface area (Å²) in [6.45, 7) is 10.9. The van der Waals surface area contributed by atoms with Crippen molar-refractivity contribution in [2.24, 2.45) is 0 Å². The molecule has 31 heavy (non-hydrogen) atoms. The third-order valence-corrected chi connectivity index (χ3v) is 5.51. The Morgan fingerprint density at radius 1 is 1.03 bits per heavy atom. The van der Waals surface area contributed by atoms with Gasteiger partial charge in [-0.1, -0.05) is 56.7 Å². The van der Waals surface area contributed by atoms with Crippen LogP contribution in [0, 0.1) is 20.8 Å². The van der Waals surface area contributed by atoms with Crippen molar-refractivity contribution in [3.8, 4) is 5.75 Å². The standard InChI is InChI=1S/C26H36N2O3/c1-6-8-15-27-26(30)23(7-2)28(17-22-12-10-9-11-20(22)4)25(29)18-31-24-16-19(3)13-14-21(24)5/h9-14,16,23H,6-8,15,17-18H2,1-5H3,(H,27,30)/t23-/m0/s1. The number of hydrogen-bond donors (Lipinski definition) is 1. The molecule has 2 amide bonds. The number of carbonyl (C=O) groups is 2. The van der Waals surface area contributed by atoms with E-state index in [1.54, 1.807) is 4.90 Å². The molecular formula is C26H36N2O3. The second kappa shape index (κ2) is 12.1. The van der Waals surface area contributed by atoms with Crippen LogP contribution in [0.2, 0.25) is 0 Å². The number of ether oxygens (including phenoxy) is 1. The minimum Gasteiger partial charge on any atom is -0.483 e. The lowest BCUT2D eigenvalue weighted by Crippen LogP contribution is -2.50. The predicted molar refractivity (Wildman–Crippen MR) is 125 cm³/mol. The lowest BCUT2D eigenvalue weighted by Gasteiger charge is -2.31. The van der Waals surface area contributed by atoms with Crippen LogP contribution in [-0.2, 0) is 16.1 Å². The van der Waals surface area contributed by atoms with Crippen molar-refractivity contribution in [1.82, 2.24) is 10.2 Å². The molecule has 168 valence electrons. The smallest absolute Gasteiger partial charge is 0.261 e. The lowest BCUT2D eigenvalue weighted by atomic mass is 10.1. The number of nitrogens with zero attached hydrogens (tertiary/aromatic N) is 1. The third-order valence-electron chi connectivity index (χ3n) is 5.51. The number of benzene rings is 2. The predicted octanol–water partition coefficient (Wildman–Crippen LogP) is 4.71. The maximum absolute atomic E-state index is 13.3. The van der Waals surface area contributed by atoms with Crippen LogP contribution in [0.5, 0.6) is 5.75 Å². The molecule has 0 spiro atoms. The van der Waals surface area contributed by atoms with E-state index in [9.17, 15) is 9.59 Å². The Morgan fingerprint density at radius 3 is 2.45 bits per heavy atom. The lowest BCUT2D eigenvalue weighted by molar-refractivity contribution is -0.143. The molecule has 5 heteroatoms. The molecule has 2 aromatic rings. The van der Waals surface area contributed by atoms with Gasteiger partial charge in [-0.2, -0.15) is 0 Å². The molecule has 0 aliphatic heterocycles. The van der Waals surface area contributed by atoms with E-state index < -0.39 is 6.04 Å². The van der Waals surface area contributed by atoms with Crippen LogP contribution in [0.25, 0.3) is 0 Å². The summed E-state index contributed by atoms with van der Waals surface area (Å²) in [6, 6.07) is 13.4. The van der Waals surface area contributed by atoms with E-state index in [1.807, 2.05) is 70.2 Å². The van der Waals surface area contributed by atoms with Gasteiger partial charge in [0.25, 0.3) is 5.91 Å². The fraction of sp³-hybridized carbons (Fsp3) is 0.462. The zero-order chi connectivity index (χ0) is 22.8. The largest absolute Gasteiger partial charge is 0.483 e. The van der Waals surface area contributed by atoms with Crippen LogP contribution in [-0.4, -0.2) is 35.9 Å². The fourth-order valence-electron chi connectivity index (χ4n) is 3.48. The highest BCUT2D eigenvalue weighted by Gasteiger charge is 2.29. The normalized spacial score (nSPS) is 11.6. The molecule has 0 fully saturated rings. The van der Waals surface area contributed by atoms with Gasteiger partial charge in [0.05, 0.1) is 0 Å². The van der Waals surface area contributed by atoms with Crippen molar-refractivity contribution in [3.63, 3.8) is 0 Å². The summed E-state index contributed by atoms with van der Waals surface area (Å²) in [5.41, 5.74) is 4.18. The number of rotatable bonds is 11. The quantitative estimate of drug-likeness (QED) is 0.531. The van der Waals surface area contributed by atoms with Gasteiger partial charge in [0, 0.05) is 13.1 Å². The van der Waals surface area contributed by atoms with Gasteiger partial charge in [0.15, 0.2) is 6.61 Å². The minimum atomic E-state index is -0.536. The van der Waals surface area contributed by atoms with Crippen LogP contribution in [0.4, 0.5) is 0 Å². The van der Waals surface area contributed by atoms with Crippen LogP contribution in [0.15, 0.2) is 42.5 Å². The number of unbranched alkanes of at least 4 members (excludes halogenated alkanes) is 1. The Morgan fingerprint density at radius 2 is 1.77 bits per heavy atom. The van der Waals surface area contributed by atoms with Crippen LogP contribution < -0.4 is 10.1 Å². The van der Waals surface area contributed by atoms with Gasteiger partial charge in [-0.3, -0.25) is 9.59 Å². The summed E-state index contributed by atoms with van der Waals surface area (Å²) in [6.07, 6.45) is 2.47. The molecule has 0 aliphatic rings. The Balaban J connectivity index is 2.22. The van der Waals surface area contributed by atoms with Crippen LogP contribution in [0.3, 0.4) is 0 Å². The molecule has 2 rings (SSSR count). The number of aryl methyl sites for hydroxylation is 3. The molecule has 0 bridgehead atoms. The van der Waals surface area contributed by atoms with Crippen molar-refractivity contribution in [2.45, 2.75) is 66.5 Å². The Kier molecular flexibility index (Phi) is 9.57. The minimum absolute atomic E-state index is 0.102. The van der Waals surface area contributed by atoms with E-state index in [1.165, 1.54) is 0 Å². The first-order chi connectivity index (χ1) is 14.9. The molecule has 0 unspecified atom stereocenters. The summed E-state index contributed by atoms with van der Waals surface area (Å²) >= 11 is 0. The van der Waals surface area contributed by atoms with Crippen molar-refractivity contribution < 1.29 is 14.3 Å². The van der Waals surface area contributed by atoms with E-state index in [-0.39, 0.29) is 18.4 Å². The average molecular weight is 425 g/mol. The van der Waals surface area contributed by atoms with Crippen LogP contribution >= 0.6 is 0 Å². The second-order valence-corrected chi connectivity index (χ2v) is 8.07. The SMILES string of the molecule is CCCCNC(=O)[C@H](CC)N(Cc1ccccc1C)C(=O)COc1cc(C)ccc1C. The van der Waals surface area contributed by atoms with Gasteiger partial charge in [0.1, 0.15) is 11.8 Å². The molecule has 0 heterocycles. The van der Waals surface area contributed by atoms with Gasteiger partial charge in [-0.15, -0.1) is 0 Å². The molecule has 0 saturated carbocycles. The highest BCUT2D eigenvalue weighted by molar-refractivity contribution is 5.88. The summed E-state index contributed by atoms with van der Waals surface area (Å²) in [5, 5.41) is 2.99. The highest BCUT2D eigenvalue weighted by Crippen LogP contribution is 2.20. The maximum atomic E-state index is 13.3. The summed E-state index contributed by atoms with van der Waals surface area (Å²) in [7, 11) is 0. The van der Waals surface area contributed by atoms with Crippen LogP contribution in [0.1, 0.15) is 55.4 Å². The van der Waals surface area contributed by atoms with E-state index in [0.29, 0.717) is 25.3 Å². The van der Waals surface area contributed by atoms with E-state index in [0.717, 1.165) is 35.1 Å². The monoisotopic (exact) mass is 424 g/mol. The summed E-state index contributed by atoms with van der Waals surface area (Å²) < 4.78 is 5.88. The van der Waals surface area contributed by atoms with Gasteiger partial charge in [0.2, 0.25) is 5.91 Å². The molecule has 5 nitrogen and oxygen atoms in total. The Hall–Kier alpha value is -2.82. The number of hydrogen-bond acceptors (Lipinski definition) is 3. The molecule has 0 aromatic heterocycles. The van der Waals surface area contributed by atoms with Crippen molar-refractivity contribution >= 4 is 11.8 Å². The first-order valence-electron chi connectivity index (χ1n) is 11.2. The number of amides is 2. The number of carbonyl (C=O) groups excluding carboxylic acids is 2. The van der Waals surface area contributed by atoms with Gasteiger partial charge in [-0.25, -0.2) is 0 Å². The Labute approximate surface area is 186 Å². The third kappa shape index (κ3) is 7.12. The molecule has 2 aromatic carbocycles. The van der Waals surface area contributed by atoms with E-state index >= 15 is 0 Å². The van der Waals surface area contributed by atoms with Gasteiger partial charge < -0.3 is 15.0 Å². The summed E-state index contributed by atoms with van der Waals surface area (Å²) in [5.74, 6) is 0.399. The first kappa shape index (κ1) is 24.4. The average Bonchev–Trinajstić information content (AvgIpc) is 2.75. The van der Waals surface area contributed by atoms with Crippen molar-refractivity contribution in [2.75, 3.05) is 13.2 Å². The molecular weight excluding hydrogens is 388 g/mol. The van der Waals surface area contributed by atoms with Crippen molar-refractivity contribution in [1.29, 1.82) is 0 Å². The second-order valence-electron chi connectivity index (χ2n) is 8.07. The molecule has 1 N–H and O–H groups in total. The fourth-order valence-corrected chi connectivity index (χ4v) is 3.48. The van der Waals surface area contributed by atoms with Gasteiger partial charge in [-0.05, 0) is 61.9 Å². The van der Waals surface area contributed by atoms with E-state index in [4.69, 9.17) is 4.74 Å². The van der Waals surface area contributed by atoms with E-state index in [2.05, 4.69) is 12.2 Å². The zero-order valence-corrected chi connectivity index (χ0v) is 19.5. The zero-order valence-electron chi connectivity index (χ0n) is 19.5. The van der Waals surface area contributed by atoms with Crippen molar-refractivity contribution in [3.05, 3.63) is 64.7 Å². The molecule has 0 aliphatic carbocycles. The Bertz CT molecular complexity index is 879. The maximum Gasteiger partial charge on any atom is 0.261 e. The highest BCUT2D eigenvalue weighted by atomic mass is 16.5. The number of nitrogens with one attached hydrogen (secondary N) is 1. The topological polar surface area (TPSA) is 58.6 Å². The summed E-state index contributed by atoms with van der Waals surface area (Å²) in [4.78, 5) is 27.8. The first-order valence-corrected chi connectivity index (χ1v) is 11.2. The molecule has 0 saturated heterocycles. The van der Waals surface area contributed by atoms with Gasteiger partial charge >= 0.3 is 0 Å². The molecule has 1 atom stereocenters. The molecule has 0 radical (unpaired) electrons.